The molecule has 7 nitrogen and oxygen atoms in total. The number of hydrogen-bond acceptors (Lipinski definition) is 6. The molecule has 0 aliphatic carbocycles. The molecule has 9 heteroatoms. The fraction of sp³-hybridized carbons (Fsp3) is 0.0952. The van der Waals surface area contributed by atoms with Gasteiger partial charge in [-0.2, -0.15) is 0 Å². The van der Waals surface area contributed by atoms with Gasteiger partial charge in [-0.15, -0.1) is 15.7 Å². The van der Waals surface area contributed by atoms with Crippen molar-refractivity contribution >= 4 is 49.0 Å². The summed E-state index contributed by atoms with van der Waals surface area (Å²) in [5.41, 5.74) is 3.06. The minimum atomic E-state index is -3.41. The lowest BCUT2D eigenvalue weighted by Gasteiger charge is -2.26. The van der Waals surface area contributed by atoms with E-state index < -0.39 is 10.0 Å². The number of carbonyl (C=O) groups excluding carboxylic acids is 1. The zero-order valence-corrected chi connectivity index (χ0v) is 17.3. The molecule has 0 spiro atoms. The van der Waals surface area contributed by atoms with Crippen LogP contribution >= 0.6 is 11.3 Å². The molecule has 1 N–H and O–H groups in total. The highest BCUT2D eigenvalue weighted by atomic mass is 32.2. The van der Waals surface area contributed by atoms with E-state index in [0.29, 0.717) is 17.1 Å². The average Bonchev–Trinajstić information content (AvgIpc) is 3.17. The molecule has 0 bridgehead atoms. The summed E-state index contributed by atoms with van der Waals surface area (Å²) < 4.78 is 28.0. The van der Waals surface area contributed by atoms with Crippen molar-refractivity contribution in [2.24, 2.45) is 4.40 Å². The molecule has 1 aromatic heterocycles. The molecule has 2 aromatic carbocycles. The van der Waals surface area contributed by atoms with Crippen LogP contribution in [0.15, 0.2) is 76.9 Å². The minimum absolute atomic E-state index is 0.0665. The Labute approximate surface area is 177 Å². The van der Waals surface area contributed by atoms with Crippen molar-refractivity contribution < 1.29 is 13.2 Å². The minimum Gasteiger partial charge on any atom is -0.330 e. The maximum absolute atomic E-state index is 12.6. The third kappa shape index (κ3) is 3.64. The van der Waals surface area contributed by atoms with E-state index in [1.807, 2.05) is 48.5 Å². The Bertz CT molecular complexity index is 1320. The van der Waals surface area contributed by atoms with Gasteiger partial charge in [-0.25, -0.2) is 13.4 Å². The van der Waals surface area contributed by atoms with E-state index in [2.05, 4.69) is 14.7 Å². The van der Waals surface area contributed by atoms with Gasteiger partial charge in [-0.1, -0.05) is 12.1 Å². The molecule has 2 aliphatic heterocycles. The van der Waals surface area contributed by atoms with Crippen molar-refractivity contribution in [3.8, 4) is 10.6 Å². The highest BCUT2D eigenvalue weighted by Crippen LogP contribution is 2.30. The molecule has 0 unspecified atom stereocenters. The first-order valence-corrected chi connectivity index (χ1v) is 11.7. The highest BCUT2D eigenvalue weighted by molar-refractivity contribution is 7.90. The zero-order chi connectivity index (χ0) is 20.7. The van der Waals surface area contributed by atoms with E-state index in [9.17, 15) is 13.2 Å². The number of amides is 1. The third-order valence-electron chi connectivity index (χ3n) is 4.77. The zero-order valence-electron chi connectivity index (χ0n) is 15.6. The fourth-order valence-corrected chi connectivity index (χ4v) is 5.17. The van der Waals surface area contributed by atoms with Crippen molar-refractivity contribution in [3.63, 3.8) is 0 Å². The van der Waals surface area contributed by atoms with Crippen LogP contribution in [0.25, 0.3) is 20.8 Å². The number of rotatable bonds is 3. The average molecular weight is 437 g/mol. The Balaban J connectivity index is 1.31. The number of amidine groups is 1. The molecule has 0 saturated heterocycles. The Kier molecular flexibility index (Phi) is 4.48. The fourth-order valence-electron chi connectivity index (χ4n) is 3.23. The number of nitrogens with zero attached hydrogens (tertiary/aromatic N) is 3. The van der Waals surface area contributed by atoms with Gasteiger partial charge < -0.3 is 10.2 Å². The summed E-state index contributed by atoms with van der Waals surface area (Å²) in [4.78, 5) is 18.9. The van der Waals surface area contributed by atoms with E-state index in [0.717, 1.165) is 20.8 Å². The quantitative estimate of drug-likeness (QED) is 0.679. The number of fused-ring (bicyclic) bond motifs is 2. The number of thiazole rings is 1. The van der Waals surface area contributed by atoms with Crippen LogP contribution in [0.5, 0.6) is 0 Å². The third-order valence-corrected chi connectivity index (χ3v) is 7.02. The molecule has 5 rings (SSSR count). The molecule has 2 aliphatic rings. The van der Waals surface area contributed by atoms with E-state index >= 15 is 0 Å². The van der Waals surface area contributed by atoms with Gasteiger partial charge in [-0.3, -0.25) is 4.79 Å². The van der Waals surface area contributed by atoms with Gasteiger partial charge in [0.1, 0.15) is 10.8 Å². The Morgan fingerprint density at radius 2 is 1.87 bits per heavy atom. The Hall–Kier alpha value is -3.30. The van der Waals surface area contributed by atoms with E-state index in [-0.39, 0.29) is 18.2 Å². The summed E-state index contributed by atoms with van der Waals surface area (Å²) >= 11 is 1.63. The summed E-state index contributed by atoms with van der Waals surface area (Å²) in [6.07, 6.45) is 4.74. The molecule has 3 heterocycles. The normalized spacial score (nSPS) is 17.3. The number of nitrogens with one attached hydrogen (secondary N) is 1. The van der Waals surface area contributed by atoms with Crippen LogP contribution in [-0.2, 0) is 14.8 Å². The van der Waals surface area contributed by atoms with Crippen LogP contribution in [0.1, 0.15) is 0 Å². The molecule has 30 heavy (non-hydrogen) atoms. The van der Waals surface area contributed by atoms with Crippen molar-refractivity contribution in [3.05, 3.63) is 72.5 Å². The number of anilines is 1. The molecule has 0 fully saturated rings. The first-order chi connectivity index (χ1) is 14.5. The molecule has 0 saturated carbocycles. The van der Waals surface area contributed by atoms with Crippen molar-refractivity contribution in [1.29, 1.82) is 0 Å². The number of benzene rings is 2. The number of carbonyl (C=O) groups is 1. The monoisotopic (exact) mass is 436 g/mol. The second kappa shape index (κ2) is 7.19. The van der Waals surface area contributed by atoms with Crippen molar-refractivity contribution in [1.82, 2.24) is 9.88 Å². The van der Waals surface area contributed by atoms with Gasteiger partial charge >= 0.3 is 0 Å². The van der Waals surface area contributed by atoms with Crippen LogP contribution < -0.4 is 5.32 Å². The summed E-state index contributed by atoms with van der Waals surface area (Å²) in [7, 11) is -3.41. The smallest absolute Gasteiger partial charge is 0.257 e. The lowest BCUT2D eigenvalue weighted by molar-refractivity contribution is -0.112. The maximum atomic E-state index is 12.6. The summed E-state index contributed by atoms with van der Waals surface area (Å²) in [6.45, 7) is 0.277. The number of hydrogen-bond donors (Lipinski definition) is 1. The van der Waals surface area contributed by atoms with E-state index in [1.54, 1.807) is 34.6 Å². The molecule has 3 aromatic rings. The van der Waals surface area contributed by atoms with Crippen LogP contribution in [-0.4, -0.2) is 42.3 Å². The van der Waals surface area contributed by atoms with Gasteiger partial charge in [0.05, 0.1) is 21.5 Å². The first kappa shape index (κ1) is 18.7. The van der Waals surface area contributed by atoms with Gasteiger partial charge in [0, 0.05) is 24.0 Å². The van der Waals surface area contributed by atoms with Crippen molar-refractivity contribution in [2.75, 3.05) is 17.6 Å². The molecule has 0 atom stereocenters. The summed E-state index contributed by atoms with van der Waals surface area (Å²) in [5.74, 6) is -0.00682. The van der Waals surface area contributed by atoms with Crippen LogP contribution in [0.2, 0.25) is 0 Å². The van der Waals surface area contributed by atoms with Crippen LogP contribution in [0.3, 0.4) is 0 Å². The topological polar surface area (TPSA) is 91.7 Å². The number of aromatic nitrogens is 1. The highest BCUT2D eigenvalue weighted by Gasteiger charge is 2.25. The lowest BCUT2D eigenvalue weighted by atomic mass is 10.1. The molecule has 150 valence electrons. The summed E-state index contributed by atoms with van der Waals surface area (Å²) in [6, 6.07) is 15.5. The summed E-state index contributed by atoms with van der Waals surface area (Å²) in [5, 5.41) is 3.80. The number of para-hydroxylation sites is 1. The predicted molar refractivity (Wildman–Crippen MR) is 119 cm³/mol. The van der Waals surface area contributed by atoms with Crippen LogP contribution in [0, 0.1) is 0 Å². The first-order valence-electron chi connectivity index (χ1n) is 9.23. The SMILES string of the molecule is O=C(Nc1ccc(-c2nc3ccccc3s2)cc1)C1=CN2CCS(=O)(=O)N=C2C=C1. The van der Waals surface area contributed by atoms with Crippen LogP contribution in [0.4, 0.5) is 5.69 Å². The molecular formula is C21H16N4O3S2. The van der Waals surface area contributed by atoms with E-state index in [1.165, 1.54) is 0 Å². The molecular weight excluding hydrogens is 420 g/mol. The second-order valence-corrected chi connectivity index (χ2v) is 9.65. The standard InChI is InChI=1S/C21H16N4O3S2/c26-20(15-7-10-19-24-30(27,28)12-11-25(19)13-15)22-16-8-5-14(6-9-16)21-23-17-3-1-2-4-18(17)29-21/h1-10,13H,11-12H2,(H,22,26). The Morgan fingerprint density at radius 1 is 1.07 bits per heavy atom. The van der Waals surface area contributed by atoms with E-state index in [4.69, 9.17) is 0 Å². The lowest BCUT2D eigenvalue weighted by Crippen LogP contribution is -2.37. The molecule has 1 amide bonds. The Morgan fingerprint density at radius 3 is 2.67 bits per heavy atom. The van der Waals surface area contributed by atoms with Gasteiger partial charge in [0.25, 0.3) is 15.9 Å². The predicted octanol–water partition coefficient (Wildman–Crippen LogP) is 3.40. The molecule has 0 radical (unpaired) electrons. The van der Waals surface area contributed by atoms with Gasteiger partial charge in [0.15, 0.2) is 0 Å². The van der Waals surface area contributed by atoms with Gasteiger partial charge in [0.2, 0.25) is 0 Å². The second-order valence-electron chi connectivity index (χ2n) is 6.86. The van der Waals surface area contributed by atoms with Gasteiger partial charge in [-0.05, 0) is 48.6 Å². The largest absolute Gasteiger partial charge is 0.330 e. The van der Waals surface area contributed by atoms with Crippen molar-refractivity contribution in [2.45, 2.75) is 0 Å². The maximum Gasteiger partial charge on any atom is 0.257 e. The number of sulfonamides is 1.